The molecule has 0 radical (unpaired) electrons. The predicted octanol–water partition coefficient (Wildman–Crippen LogP) is 4.60. The van der Waals surface area contributed by atoms with Gasteiger partial charge in [0, 0.05) is 29.1 Å². The lowest BCUT2D eigenvalue weighted by Gasteiger charge is -2.08. The van der Waals surface area contributed by atoms with Crippen LogP contribution in [0.2, 0.25) is 5.02 Å². The van der Waals surface area contributed by atoms with E-state index in [1.807, 2.05) is 28.8 Å². The van der Waals surface area contributed by atoms with Crippen LogP contribution < -0.4 is 0 Å². The molecule has 0 saturated heterocycles. The van der Waals surface area contributed by atoms with Crippen LogP contribution in [0.5, 0.6) is 0 Å². The van der Waals surface area contributed by atoms with Gasteiger partial charge in [-0.1, -0.05) is 17.7 Å². The first kappa shape index (κ1) is 13.4. The Balaban J connectivity index is 2.28. The molecule has 2 nitrogen and oxygen atoms in total. The van der Waals surface area contributed by atoms with Crippen molar-refractivity contribution in [1.82, 2.24) is 9.55 Å². The first-order valence-corrected chi connectivity index (χ1v) is 7.09. The number of benzene rings is 2. The van der Waals surface area contributed by atoms with Gasteiger partial charge < -0.3 is 0 Å². The van der Waals surface area contributed by atoms with E-state index in [2.05, 4.69) is 4.98 Å². The zero-order valence-electron chi connectivity index (χ0n) is 10.5. The molecule has 3 rings (SSSR count). The smallest absolute Gasteiger partial charge is 0.125 e. The van der Waals surface area contributed by atoms with Gasteiger partial charge in [0.2, 0.25) is 0 Å². The van der Waals surface area contributed by atoms with Crippen LogP contribution in [0, 0.1) is 5.82 Å². The Morgan fingerprint density at radius 1 is 1.15 bits per heavy atom. The van der Waals surface area contributed by atoms with Gasteiger partial charge >= 0.3 is 0 Å². The number of rotatable bonds is 3. The quantitative estimate of drug-likeness (QED) is 0.647. The molecule has 0 saturated carbocycles. The average Bonchev–Trinajstić information content (AvgIpc) is 2.76. The highest BCUT2D eigenvalue weighted by Gasteiger charge is 2.12. The van der Waals surface area contributed by atoms with Gasteiger partial charge in [-0.25, -0.2) is 9.37 Å². The molecule has 2 aromatic carbocycles. The van der Waals surface area contributed by atoms with Crippen LogP contribution in [0.15, 0.2) is 42.5 Å². The van der Waals surface area contributed by atoms with Gasteiger partial charge in [-0.15, -0.1) is 11.6 Å². The lowest BCUT2D eigenvalue weighted by atomic mass is 10.2. The summed E-state index contributed by atoms with van der Waals surface area (Å²) in [6.07, 6.45) is 0.602. The van der Waals surface area contributed by atoms with E-state index in [4.69, 9.17) is 23.2 Å². The summed E-state index contributed by atoms with van der Waals surface area (Å²) in [5.41, 5.74) is 2.35. The van der Waals surface area contributed by atoms with Crippen molar-refractivity contribution in [2.45, 2.75) is 6.42 Å². The van der Waals surface area contributed by atoms with Crippen molar-refractivity contribution in [2.75, 3.05) is 5.88 Å². The summed E-state index contributed by atoms with van der Waals surface area (Å²) in [5, 5.41) is 0.642. The molecule has 0 bridgehead atoms. The highest BCUT2D eigenvalue weighted by atomic mass is 35.5. The molecule has 0 amide bonds. The van der Waals surface area contributed by atoms with Gasteiger partial charge in [-0.3, -0.25) is 4.57 Å². The molecule has 102 valence electrons. The summed E-state index contributed by atoms with van der Waals surface area (Å²) in [6.45, 7) is 0. The first-order valence-electron chi connectivity index (χ1n) is 6.18. The van der Waals surface area contributed by atoms with E-state index in [1.54, 1.807) is 6.07 Å². The summed E-state index contributed by atoms with van der Waals surface area (Å²) in [6, 6.07) is 12.0. The third-order valence-corrected chi connectivity index (χ3v) is 3.49. The minimum absolute atomic E-state index is 0.300. The van der Waals surface area contributed by atoms with E-state index < -0.39 is 0 Å². The van der Waals surface area contributed by atoms with Crippen LogP contribution in [0.4, 0.5) is 4.39 Å². The number of halogens is 3. The van der Waals surface area contributed by atoms with Gasteiger partial charge in [0.15, 0.2) is 0 Å². The molecule has 1 heterocycles. The molecule has 0 unspecified atom stereocenters. The number of nitrogens with zero attached hydrogens (tertiary/aromatic N) is 2. The highest BCUT2D eigenvalue weighted by Crippen LogP contribution is 2.24. The molecular formula is C15H11Cl2FN2. The molecule has 0 aliphatic rings. The summed E-state index contributed by atoms with van der Waals surface area (Å²) in [7, 11) is 0. The van der Waals surface area contributed by atoms with Gasteiger partial charge in [0.1, 0.15) is 11.6 Å². The van der Waals surface area contributed by atoms with Crippen molar-refractivity contribution in [3.05, 3.63) is 59.1 Å². The van der Waals surface area contributed by atoms with Crippen molar-refractivity contribution >= 4 is 34.2 Å². The van der Waals surface area contributed by atoms with Crippen molar-refractivity contribution < 1.29 is 4.39 Å². The van der Waals surface area contributed by atoms with E-state index in [0.29, 0.717) is 22.8 Å². The normalized spacial score (nSPS) is 11.2. The molecule has 5 heteroatoms. The number of hydrogen-bond acceptors (Lipinski definition) is 1. The number of imidazole rings is 1. The Bertz CT molecular complexity index is 768. The maximum Gasteiger partial charge on any atom is 0.125 e. The summed E-state index contributed by atoms with van der Waals surface area (Å²) >= 11 is 11.9. The topological polar surface area (TPSA) is 17.8 Å². The molecule has 0 spiro atoms. The standard InChI is InChI=1S/C15H11Cl2FN2/c16-7-6-15-19-13-9-11(18)4-5-14(13)20(15)12-3-1-2-10(17)8-12/h1-5,8-9H,6-7H2. The third-order valence-electron chi connectivity index (χ3n) is 3.07. The second-order valence-electron chi connectivity index (χ2n) is 4.42. The van der Waals surface area contributed by atoms with Crippen LogP contribution in [0.1, 0.15) is 5.82 Å². The average molecular weight is 309 g/mol. The fourth-order valence-electron chi connectivity index (χ4n) is 2.26. The van der Waals surface area contributed by atoms with Gasteiger partial charge in [-0.2, -0.15) is 0 Å². The number of aromatic nitrogens is 2. The number of hydrogen-bond donors (Lipinski definition) is 0. The lowest BCUT2D eigenvalue weighted by molar-refractivity contribution is 0.629. The van der Waals surface area contributed by atoms with Crippen molar-refractivity contribution in [2.24, 2.45) is 0 Å². The maximum absolute atomic E-state index is 13.3. The second kappa shape index (κ2) is 5.43. The largest absolute Gasteiger partial charge is 0.296 e. The molecule has 0 fully saturated rings. The fraction of sp³-hybridized carbons (Fsp3) is 0.133. The number of alkyl halides is 1. The van der Waals surface area contributed by atoms with Crippen LogP contribution in [-0.2, 0) is 6.42 Å². The zero-order valence-corrected chi connectivity index (χ0v) is 12.0. The van der Waals surface area contributed by atoms with Crippen molar-refractivity contribution in [3.8, 4) is 5.69 Å². The van der Waals surface area contributed by atoms with Crippen LogP contribution >= 0.6 is 23.2 Å². The Morgan fingerprint density at radius 2 is 2.00 bits per heavy atom. The molecule has 20 heavy (non-hydrogen) atoms. The maximum atomic E-state index is 13.3. The SMILES string of the molecule is Fc1ccc2c(c1)nc(CCCl)n2-c1cccc(Cl)c1. The summed E-state index contributed by atoms with van der Waals surface area (Å²) in [4.78, 5) is 4.46. The van der Waals surface area contributed by atoms with Gasteiger partial charge in [0.25, 0.3) is 0 Å². The van der Waals surface area contributed by atoms with Crippen LogP contribution in [0.25, 0.3) is 16.7 Å². The molecule has 0 aliphatic carbocycles. The summed E-state index contributed by atoms with van der Waals surface area (Å²) in [5.74, 6) is 0.945. The summed E-state index contributed by atoms with van der Waals surface area (Å²) < 4.78 is 15.3. The molecule has 0 aliphatic heterocycles. The highest BCUT2D eigenvalue weighted by molar-refractivity contribution is 6.30. The minimum atomic E-state index is -0.300. The van der Waals surface area contributed by atoms with E-state index >= 15 is 0 Å². The third kappa shape index (κ3) is 2.39. The monoisotopic (exact) mass is 308 g/mol. The molecule has 3 aromatic rings. The minimum Gasteiger partial charge on any atom is -0.296 e. The van der Waals surface area contributed by atoms with Crippen LogP contribution in [0.3, 0.4) is 0 Å². The Hall–Kier alpha value is -1.58. The second-order valence-corrected chi connectivity index (χ2v) is 5.23. The van der Waals surface area contributed by atoms with Gasteiger partial charge in [-0.05, 0) is 30.3 Å². The number of aryl methyl sites for hydroxylation is 1. The van der Waals surface area contributed by atoms with E-state index in [-0.39, 0.29) is 5.82 Å². The Kier molecular flexibility index (Phi) is 3.64. The Morgan fingerprint density at radius 3 is 2.75 bits per heavy atom. The van der Waals surface area contributed by atoms with E-state index in [9.17, 15) is 4.39 Å². The van der Waals surface area contributed by atoms with Crippen molar-refractivity contribution in [1.29, 1.82) is 0 Å². The lowest BCUT2D eigenvalue weighted by Crippen LogP contribution is -2.02. The first-order chi connectivity index (χ1) is 9.69. The molecule has 0 N–H and O–H groups in total. The Labute approximate surface area is 125 Å². The molecule has 0 atom stereocenters. The van der Waals surface area contributed by atoms with E-state index in [0.717, 1.165) is 17.0 Å². The predicted molar refractivity (Wildman–Crippen MR) is 80.5 cm³/mol. The number of fused-ring (bicyclic) bond motifs is 1. The molecule has 1 aromatic heterocycles. The van der Waals surface area contributed by atoms with Gasteiger partial charge in [0.05, 0.1) is 11.0 Å². The van der Waals surface area contributed by atoms with E-state index in [1.165, 1.54) is 12.1 Å². The fourth-order valence-corrected chi connectivity index (χ4v) is 2.61. The zero-order chi connectivity index (χ0) is 14.1. The molecular weight excluding hydrogens is 298 g/mol. The van der Waals surface area contributed by atoms with Crippen LogP contribution in [-0.4, -0.2) is 15.4 Å². The van der Waals surface area contributed by atoms with Crippen molar-refractivity contribution in [3.63, 3.8) is 0 Å².